The van der Waals surface area contributed by atoms with Crippen molar-refractivity contribution in [2.24, 2.45) is 5.73 Å². The zero-order valence-electron chi connectivity index (χ0n) is 10.9. The van der Waals surface area contributed by atoms with E-state index in [-0.39, 0.29) is 11.2 Å². The lowest BCUT2D eigenvalue weighted by molar-refractivity contribution is 0.371. The molecular formula is C14H21NO2. The lowest BCUT2D eigenvalue weighted by Gasteiger charge is -2.21. The molecule has 0 aromatic heterocycles. The van der Waals surface area contributed by atoms with E-state index in [4.69, 9.17) is 10.5 Å². The predicted octanol–water partition coefficient (Wildman–Crippen LogP) is 2.67. The Balaban J connectivity index is 3.33. The third-order valence-electron chi connectivity index (χ3n) is 2.62. The molecule has 3 N–H and O–H groups in total. The highest BCUT2D eigenvalue weighted by Crippen LogP contribution is 2.36. The third kappa shape index (κ3) is 3.24. The molecule has 1 aromatic carbocycles. The molecule has 0 radical (unpaired) electrons. The molecule has 0 unspecified atom stereocenters. The Morgan fingerprint density at radius 2 is 2.00 bits per heavy atom. The van der Waals surface area contributed by atoms with Gasteiger partial charge in [-0.2, -0.15) is 0 Å². The van der Waals surface area contributed by atoms with Gasteiger partial charge >= 0.3 is 0 Å². The molecule has 0 amide bonds. The maximum Gasteiger partial charge on any atom is 0.165 e. The number of methoxy groups -OCH3 is 1. The van der Waals surface area contributed by atoms with Crippen LogP contribution in [-0.4, -0.2) is 18.8 Å². The molecule has 3 nitrogen and oxygen atoms in total. The molecule has 1 rings (SSSR count). The number of ether oxygens (including phenoxy) is 1. The molecule has 0 aliphatic rings. The van der Waals surface area contributed by atoms with E-state index in [1.165, 1.54) is 0 Å². The summed E-state index contributed by atoms with van der Waals surface area (Å²) in [6.07, 6.45) is 3.62. The average molecular weight is 235 g/mol. The first kappa shape index (κ1) is 13.6. The molecule has 17 heavy (non-hydrogen) atoms. The number of rotatable bonds is 3. The largest absolute Gasteiger partial charge is 0.504 e. The van der Waals surface area contributed by atoms with Gasteiger partial charge in [-0.3, -0.25) is 0 Å². The van der Waals surface area contributed by atoms with Crippen molar-refractivity contribution >= 4 is 6.08 Å². The van der Waals surface area contributed by atoms with Crippen molar-refractivity contribution in [3.05, 3.63) is 29.3 Å². The van der Waals surface area contributed by atoms with Gasteiger partial charge in [-0.15, -0.1) is 0 Å². The Labute approximate surface area is 103 Å². The second-order valence-corrected chi connectivity index (χ2v) is 5.00. The normalized spacial score (nSPS) is 12.1. The van der Waals surface area contributed by atoms with E-state index in [2.05, 4.69) is 20.8 Å². The maximum absolute atomic E-state index is 9.99. The highest BCUT2D eigenvalue weighted by Gasteiger charge is 2.18. The van der Waals surface area contributed by atoms with E-state index in [0.717, 1.165) is 11.1 Å². The number of hydrogen-bond acceptors (Lipinski definition) is 3. The van der Waals surface area contributed by atoms with Gasteiger partial charge in [0.05, 0.1) is 7.11 Å². The number of aromatic hydroxyl groups is 1. The lowest BCUT2D eigenvalue weighted by Crippen LogP contribution is -2.11. The lowest BCUT2D eigenvalue weighted by atomic mass is 9.85. The molecule has 1 aromatic rings. The minimum Gasteiger partial charge on any atom is -0.504 e. The van der Waals surface area contributed by atoms with Crippen LogP contribution in [0, 0.1) is 0 Å². The standard InChI is InChI=1S/C14H21NO2/c1-14(2,3)11-8-10(6-5-7-15)13(16)12(9-11)17-4/h5-6,8-9,16H,7,15H2,1-4H3/b6-5+. The van der Waals surface area contributed by atoms with Crippen molar-refractivity contribution in [2.75, 3.05) is 13.7 Å². The van der Waals surface area contributed by atoms with Crippen LogP contribution in [0.1, 0.15) is 31.9 Å². The van der Waals surface area contributed by atoms with Gasteiger partial charge in [-0.05, 0) is 23.1 Å². The SMILES string of the molecule is COc1cc(C(C)(C)C)cc(/C=C/CN)c1O. The Hall–Kier alpha value is -1.48. The van der Waals surface area contributed by atoms with Crippen molar-refractivity contribution in [3.8, 4) is 11.5 Å². The van der Waals surface area contributed by atoms with Crippen LogP contribution in [0.3, 0.4) is 0 Å². The minimum absolute atomic E-state index is 0.00623. The number of hydrogen-bond donors (Lipinski definition) is 2. The fourth-order valence-corrected chi connectivity index (χ4v) is 1.54. The topological polar surface area (TPSA) is 55.5 Å². The summed E-state index contributed by atoms with van der Waals surface area (Å²) in [7, 11) is 1.55. The first-order valence-corrected chi connectivity index (χ1v) is 5.68. The molecule has 0 aliphatic carbocycles. The van der Waals surface area contributed by atoms with Crippen LogP contribution in [0.4, 0.5) is 0 Å². The first-order valence-electron chi connectivity index (χ1n) is 5.68. The molecule has 0 saturated heterocycles. The summed E-state index contributed by atoms with van der Waals surface area (Å²) < 4.78 is 5.19. The molecule has 0 spiro atoms. The summed E-state index contributed by atoms with van der Waals surface area (Å²) in [6, 6.07) is 3.83. The maximum atomic E-state index is 9.99. The van der Waals surface area contributed by atoms with E-state index >= 15 is 0 Å². The molecular weight excluding hydrogens is 214 g/mol. The van der Waals surface area contributed by atoms with Crippen molar-refractivity contribution in [1.82, 2.24) is 0 Å². The molecule has 94 valence electrons. The van der Waals surface area contributed by atoms with Crippen LogP contribution in [-0.2, 0) is 5.41 Å². The number of nitrogens with two attached hydrogens (primary N) is 1. The van der Waals surface area contributed by atoms with Gasteiger partial charge in [0, 0.05) is 12.1 Å². The molecule has 0 atom stereocenters. The third-order valence-corrected chi connectivity index (χ3v) is 2.62. The van der Waals surface area contributed by atoms with Crippen LogP contribution < -0.4 is 10.5 Å². The second-order valence-electron chi connectivity index (χ2n) is 5.00. The number of benzene rings is 1. The molecule has 0 bridgehead atoms. The van der Waals surface area contributed by atoms with Gasteiger partial charge < -0.3 is 15.6 Å². The zero-order chi connectivity index (χ0) is 13.1. The van der Waals surface area contributed by atoms with Crippen LogP contribution >= 0.6 is 0 Å². The molecule has 0 saturated carbocycles. The highest BCUT2D eigenvalue weighted by molar-refractivity contribution is 5.63. The van der Waals surface area contributed by atoms with Crippen LogP contribution in [0.15, 0.2) is 18.2 Å². The van der Waals surface area contributed by atoms with Gasteiger partial charge in [0.1, 0.15) is 0 Å². The van der Waals surface area contributed by atoms with E-state index < -0.39 is 0 Å². The smallest absolute Gasteiger partial charge is 0.165 e. The Morgan fingerprint density at radius 3 is 2.47 bits per heavy atom. The Bertz CT molecular complexity index is 417. The quantitative estimate of drug-likeness (QED) is 0.847. The summed E-state index contributed by atoms with van der Waals surface area (Å²) in [4.78, 5) is 0. The van der Waals surface area contributed by atoms with Gasteiger partial charge in [0.25, 0.3) is 0 Å². The van der Waals surface area contributed by atoms with Crippen molar-refractivity contribution < 1.29 is 9.84 Å². The molecule has 0 heterocycles. The molecule has 0 aliphatic heterocycles. The first-order chi connectivity index (χ1) is 7.90. The fourth-order valence-electron chi connectivity index (χ4n) is 1.54. The summed E-state index contributed by atoms with van der Waals surface area (Å²) in [5.41, 5.74) is 7.28. The highest BCUT2D eigenvalue weighted by atomic mass is 16.5. The Morgan fingerprint density at radius 1 is 1.35 bits per heavy atom. The van der Waals surface area contributed by atoms with Crippen molar-refractivity contribution in [2.45, 2.75) is 26.2 Å². The van der Waals surface area contributed by atoms with Crippen molar-refractivity contribution in [3.63, 3.8) is 0 Å². The predicted molar refractivity (Wildman–Crippen MR) is 71.4 cm³/mol. The number of phenols is 1. The minimum atomic E-state index is 0.00623. The van der Waals surface area contributed by atoms with E-state index in [0.29, 0.717) is 12.3 Å². The van der Waals surface area contributed by atoms with E-state index in [9.17, 15) is 5.11 Å². The van der Waals surface area contributed by atoms with Gasteiger partial charge in [0.2, 0.25) is 0 Å². The van der Waals surface area contributed by atoms with Gasteiger partial charge in [0.15, 0.2) is 11.5 Å². The monoisotopic (exact) mass is 235 g/mol. The zero-order valence-corrected chi connectivity index (χ0v) is 10.9. The van der Waals surface area contributed by atoms with E-state index in [1.54, 1.807) is 13.2 Å². The van der Waals surface area contributed by atoms with Gasteiger partial charge in [-0.25, -0.2) is 0 Å². The van der Waals surface area contributed by atoms with Crippen LogP contribution in [0.5, 0.6) is 11.5 Å². The Kier molecular flexibility index (Phi) is 4.18. The number of phenolic OH excluding ortho intramolecular Hbond substituents is 1. The molecule has 3 heteroatoms. The summed E-state index contributed by atoms with van der Waals surface area (Å²) in [6.45, 7) is 6.81. The van der Waals surface area contributed by atoms with Crippen molar-refractivity contribution in [1.29, 1.82) is 0 Å². The summed E-state index contributed by atoms with van der Waals surface area (Å²) in [5.74, 6) is 0.652. The molecule has 0 fully saturated rings. The van der Waals surface area contributed by atoms with E-state index in [1.807, 2.05) is 18.2 Å². The average Bonchev–Trinajstić information content (AvgIpc) is 2.26. The summed E-state index contributed by atoms with van der Waals surface area (Å²) in [5, 5.41) is 9.99. The fraction of sp³-hybridized carbons (Fsp3) is 0.429. The summed E-state index contributed by atoms with van der Waals surface area (Å²) >= 11 is 0. The van der Waals surface area contributed by atoms with Gasteiger partial charge in [-0.1, -0.05) is 32.9 Å². The van der Waals surface area contributed by atoms with Crippen LogP contribution in [0.25, 0.3) is 6.08 Å². The van der Waals surface area contributed by atoms with Crippen LogP contribution in [0.2, 0.25) is 0 Å². The second kappa shape index (κ2) is 5.23.